The summed E-state index contributed by atoms with van der Waals surface area (Å²) in [6.07, 6.45) is 5.10. The van der Waals surface area contributed by atoms with Gasteiger partial charge in [0, 0.05) is 57.0 Å². The van der Waals surface area contributed by atoms with Gasteiger partial charge in [-0.25, -0.2) is 19.3 Å². The standard InChI is InChI=1S/C28H30N10O/c1-4-13-37-27(39)22-19-29-28(30-20-8-10-21(11-9-20)36-17-15-34(2)16-18-36)32-26(22)38(37)25-7-5-6-23(31-25)24-12-14-35(3)33-24/h4-12,14,19H,1,13,15-18H2,2-3H3,(H,29,30,32). The van der Waals surface area contributed by atoms with E-state index in [4.69, 9.17) is 9.97 Å². The highest BCUT2D eigenvalue weighted by atomic mass is 16.1. The van der Waals surface area contributed by atoms with E-state index in [1.807, 2.05) is 49.6 Å². The molecule has 11 nitrogen and oxygen atoms in total. The van der Waals surface area contributed by atoms with Crippen LogP contribution in [-0.2, 0) is 13.6 Å². The number of hydrogen-bond donors (Lipinski definition) is 1. The molecular formula is C28H30N10O. The fraction of sp³-hybridized carbons (Fsp3) is 0.250. The summed E-state index contributed by atoms with van der Waals surface area (Å²) in [5.74, 6) is 0.938. The van der Waals surface area contributed by atoms with Gasteiger partial charge in [0.25, 0.3) is 5.56 Å². The SMILES string of the molecule is C=CCn1c(=O)c2cnc(Nc3ccc(N4CCN(C)CC4)cc3)nc2n1-c1cccc(-c2ccn(C)n2)n1. The number of nitrogens with one attached hydrogen (secondary N) is 1. The molecule has 0 bridgehead atoms. The number of piperazine rings is 1. The van der Waals surface area contributed by atoms with E-state index in [2.05, 4.69) is 51.0 Å². The second kappa shape index (κ2) is 10.2. The van der Waals surface area contributed by atoms with Crippen molar-refractivity contribution in [2.24, 2.45) is 7.05 Å². The van der Waals surface area contributed by atoms with Gasteiger partial charge < -0.3 is 15.1 Å². The lowest BCUT2D eigenvalue weighted by Crippen LogP contribution is -2.44. The topological polar surface area (TPSA) is 102 Å². The van der Waals surface area contributed by atoms with Crippen molar-refractivity contribution in [1.29, 1.82) is 0 Å². The van der Waals surface area contributed by atoms with Gasteiger partial charge in [-0.3, -0.25) is 9.48 Å². The van der Waals surface area contributed by atoms with Crippen LogP contribution in [0.15, 0.2) is 78.4 Å². The second-order valence-electron chi connectivity index (χ2n) is 9.64. The molecule has 0 radical (unpaired) electrons. The van der Waals surface area contributed by atoms with E-state index in [1.54, 1.807) is 26.3 Å². The van der Waals surface area contributed by atoms with Crippen LogP contribution < -0.4 is 15.8 Å². The molecule has 0 saturated carbocycles. The van der Waals surface area contributed by atoms with Crippen LogP contribution in [0.5, 0.6) is 0 Å². The van der Waals surface area contributed by atoms with Crippen molar-refractivity contribution >= 4 is 28.4 Å². The summed E-state index contributed by atoms with van der Waals surface area (Å²) >= 11 is 0. The lowest BCUT2D eigenvalue weighted by atomic mass is 10.2. The third kappa shape index (κ3) is 4.79. The number of allylic oxidation sites excluding steroid dienone is 1. The Labute approximate surface area is 225 Å². The van der Waals surface area contributed by atoms with Crippen LogP contribution in [0.2, 0.25) is 0 Å². The zero-order chi connectivity index (χ0) is 26.9. The molecule has 1 fully saturated rings. The molecule has 1 aromatic carbocycles. The first-order valence-electron chi connectivity index (χ1n) is 12.9. The van der Waals surface area contributed by atoms with E-state index in [1.165, 1.54) is 5.69 Å². The minimum absolute atomic E-state index is 0.210. The lowest BCUT2D eigenvalue weighted by molar-refractivity contribution is 0.313. The van der Waals surface area contributed by atoms with E-state index >= 15 is 0 Å². The highest BCUT2D eigenvalue weighted by Crippen LogP contribution is 2.23. The molecule has 5 aromatic rings. The summed E-state index contributed by atoms with van der Waals surface area (Å²) in [4.78, 5) is 32.0. The van der Waals surface area contributed by atoms with E-state index in [0.717, 1.165) is 37.6 Å². The van der Waals surface area contributed by atoms with Gasteiger partial charge in [-0.15, -0.1) is 6.58 Å². The van der Waals surface area contributed by atoms with Crippen molar-refractivity contribution in [3.63, 3.8) is 0 Å². The second-order valence-corrected chi connectivity index (χ2v) is 9.64. The molecule has 1 aliphatic heterocycles. The molecule has 0 aliphatic carbocycles. The molecule has 0 amide bonds. The van der Waals surface area contributed by atoms with E-state index < -0.39 is 0 Å². The maximum Gasteiger partial charge on any atom is 0.278 e. The van der Waals surface area contributed by atoms with Crippen LogP contribution in [0.4, 0.5) is 17.3 Å². The van der Waals surface area contributed by atoms with Crippen LogP contribution in [0.3, 0.4) is 0 Å². The molecular weight excluding hydrogens is 492 g/mol. The van der Waals surface area contributed by atoms with Gasteiger partial charge in [0.2, 0.25) is 5.95 Å². The van der Waals surface area contributed by atoms with Crippen molar-refractivity contribution in [3.8, 4) is 17.2 Å². The molecule has 6 rings (SSSR count). The van der Waals surface area contributed by atoms with Crippen molar-refractivity contribution in [2.45, 2.75) is 6.54 Å². The quantitative estimate of drug-likeness (QED) is 0.326. The van der Waals surface area contributed by atoms with Crippen LogP contribution in [0.25, 0.3) is 28.2 Å². The third-order valence-corrected chi connectivity index (χ3v) is 6.90. The fourth-order valence-electron chi connectivity index (χ4n) is 4.79. The minimum atomic E-state index is -0.210. The van der Waals surface area contributed by atoms with Crippen LogP contribution >= 0.6 is 0 Å². The van der Waals surface area contributed by atoms with E-state index in [0.29, 0.717) is 35.0 Å². The Morgan fingerprint density at radius 3 is 2.49 bits per heavy atom. The van der Waals surface area contributed by atoms with Gasteiger partial charge in [-0.1, -0.05) is 12.1 Å². The molecule has 11 heteroatoms. The van der Waals surface area contributed by atoms with Crippen molar-refractivity contribution in [1.82, 2.24) is 39.0 Å². The molecule has 198 valence electrons. The summed E-state index contributed by atoms with van der Waals surface area (Å²) in [5, 5.41) is 8.15. The highest BCUT2D eigenvalue weighted by molar-refractivity contribution is 5.77. The third-order valence-electron chi connectivity index (χ3n) is 6.90. The summed E-state index contributed by atoms with van der Waals surface area (Å²) in [5.41, 5.74) is 3.74. The van der Waals surface area contributed by atoms with Crippen LogP contribution in [-0.4, -0.2) is 72.2 Å². The van der Waals surface area contributed by atoms with Crippen LogP contribution in [0, 0.1) is 0 Å². The average molecular weight is 523 g/mol. The molecule has 0 spiro atoms. The lowest BCUT2D eigenvalue weighted by Gasteiger charge is -2.34. The van der Waals surface area contributed by atoms with Crippen molar-refractivity contribution in [2.75, 3.05) is 43.4 Å². The summed E-state index contributed by atoms with van der Waals surface area (Å²) in [6.45, 7) is 8.26. The summed E-state index contributed by atoms with van der Waals surface area (Å²) in [6, 6.07) is 15.8. The number of hydrogen-bond acceptors (Lipinski definition) is 8. The maximum absolute atomic E-state index is 13.3. The number of fused-ring (bicyclic) bond motifs is 1. The van der Waals surface area contributed by atoms with Gasteiger partial charge in [0.15, 0.2) is 11.5 Å². The smallest absolute Gasteiger partial charge is 0.278 e. The number of likely N-dealkylation sites (N-methyl/N-ethyl adjacent to an activating group) is 1. The molecule has 1 aliphatic rings. The molecule has 1 saturated heterocycles. The number of nitrogens with zero attached hydrogens (tertiary/aromatic N) is 9. The predicted octanol–water partition coefficient (Wildman–Crippen LogP) is 3.06. The number of pyridine rings is 1. The molecule has 4 aromatic heterocycles. The molecule has 0 atom stereocenters. The molecule has 1 N–H and O–H groups in total. The number of anilines is 3. The van der Waals surface area contributed by atoms with E-state index in [-0.39, 0.29) is 5.56 Å². The zero-order valence-corrected chi connectivity index (χ0v) is 22.0. The Hall–Kier alpha value is -4.77. The van der Waals surface area contributed by atoms with Crippen molar-refractivity contribution < 1.29 is 0 Å². The number of aryl methyl sites for hydroxylation is 1. The summed E-state index contributed by atoms with van der Waals surface area (Å²) < 4.78 is 5.01. The van der Waals surface area contributed by atoms with Gasteiger partial charge in [-0.05, 0) is 49.5 Å². The molecule has 0 unspecified atom stereocenters. The Morgan fingerprint density at radius 1 is 0.974 bits per heavy atom. The Kier molecular flexibility index (Phi) is 6.41. The summed E-state index contributed by atoms with van der Waals surface area (Å²) in [7, 11) is 4.01. The van der Waals surface area contributed by atoms with Gasteiger partial charge in [0.05, 0.1) is 12.2 Å². The first-order chi connectivity index (χ1) is 19.0. The normalized spacial score (nSPS) is 14.2. The minimum Gasteiger partial charge on any atom is -0.369 e. The van der Waals surface area contributed by atoms with E-state index in [9.17, 15) is 4.79 Å². The zero-order valence-electron chi connectivity index (χ0n) is 22.0. The first-order valence-corrected chi connectivity index (χ1v) is 12.9. The monoisotopic (exact) mass is 522 g/mol. The number of rotatable bonds is 7. The molecule has 39 heavy (non-hydrogen) atoms. The highest BCUT2D eigenvalue weighted by Gasteiger charge is 2.19. The average Bonchev–Trinajstić information content (AvgIpc) is 3.51. The Bertz CT molecular complexity index is 1690. The fourth-order valence-corrected chi connectivity index (χ4v) is 4.79. The van der Waals surface area contributed by atoms with Gasteiger partial charge in [0.1, 0.15) is 11.1 Å². The number of benzene rings is 1. The van der Waals surface area contributed by atoms with Crippen molar-refractivity contribution in [3.05, 3.63) is 83.9 Å². The Morgan fingerprint density at radius 2 is 1.77 bits per heavy atom. The number of aromatic nitrogens is 7. The first kappa shape index (κ1) is 24.6. The van der Waals surface area contributed by atoms with Crippen LogP contribution in [0.1, 0.15) is 0 Å². The predicted molar refractivity (Wildman–Crippen MR) is 153 cm³/mol. The largest absolute Gasteiger partial charge is 0.369 e. The Balaban J connectivity index is 1.35. The molecule has 5 heterocycles. The van der Waals surface area contributed by atoms with Gasteiger partial charge in [-0.2, -0.15) is 10.1 Å². The maximum atomic E-state index is 13.3. The van der Waals surface area contributed by atoms with Gasteiger partial charge >= 0.3 is 0 Å².